The monoisotopic (exact) mass is 246 g/mol. The molecule has 0 rings (SSSR count). The van der Waals surface area contributed by atoms with Gasteiger partial charge in [0.05, 0.1) is 0 Å². The van der Waals surface area contributed by atoms with Gasteiger partial charge in [-0.2, -0.15) is 0 Å². The maximum atomic E-state index is 9.00. The Kier molecular flexibility index (Phi) is 49.7. The van der Waals surface area contributed by atoms with Crippen molar-refractivity contribution >= 4 is 23.3 Å². The molecule has 0 radical (unpaired) electrons. The third kappa shape index (κ3) is 1840. The Morgan fingerprint density at radius 1 is 1.00 bits per heavy atom. The molecular weight excluding hydrogens is 238 g/mol. The van der Waals surface area contributed by atoms with Crippen LogP contribution in [0, 0.1) is 0 Å². The minimum atomic E-state index is -3.11. The van der Waals surface area contributed by atoms with Crippen LogP contribution in [0.25, 0.3) is 0 Å². The van der Waals surface area contributed by atoms with Gasteiger partial charge in [-0.3, -0.25) is 13.8 Å². The molecule has 0 aliphatic rings. The van der Waals surface area contributed by atoms with Gasteiger partial charge in [0.25, 0.3) is 11.9 Å². The number of carboxylic acid groups (broad SMARTS) is 2. The normalized spacial score (nSPS) is 6.07. The van der Waals surface area contributed by atoms with Crippen molar-refractivity contribution in [3.05, 3.63) is 0 Å². The van der Waals surface area contributed by atoms with Crippen molar-refractivity contribution < 1.29 is 92.2 Å². The Bertz CT molecular complexity index is 121. The van der Waals surface area contributed by atoms with Gasteiger partial charge in [-0.1, -0.05) is 0 Å². The summed E-state index contributed by atoms with van der Waals surface area (Å²) in [5.41, 5.74) is 0. The maximum absolute atomic E-state index is 9.00. The molecule has 0 saturated carbocycles. The predicted molar refractivity (Wildman–Crippen MR) is 36.3 cm³/mol. The molecule has 0 saturated heterocycles. The molecule has 74 valence electrons. The second-order valence-electron chi connectivity index (χ2n) is 1.24. The van der Waals surface area contributed by atoms with E-state index in [1.165, 1.54) is 0 Å². The van der Waals surface area contributed by atoms with E-state index >= 15 is 0 Å². The molecule has 0 fully saturated rings. The van der Waals surface area contributed by atoms with Crippen LogP contribution in [0.15, 0.2) is 0 Å². The van der Waals surface area contributed by atoms with Crippen LogP contribution in [0.5, 0.6) is 0 Å². The summed E-state index contributed by atoms with van der Waals surface area (Å²) in [5.74, 6) is -1.67. The SMILES string of the molecule is CC(=O)O.CC(=O)O.O=S([O-])[O-].[Na+].[Na+]. The predicted octanol–water partition coefficient (Wildman–Crippen LogP) is -6.81. The summed E-state index contributed by atoms with van der Waals surface area (Å²) in [4.78, 5) is 18.0. The van der Waals surface area contributed by atoms with Crippen molar-refractivity contribution in [3.8, 4) is 0 Å². The Morgan fingerprint density at radius 3 is 1.00 bits per heavy atom. The van der Waals surface area contributed by atoms with E-state index in [2.05, 4.69) is 0 Å². The van der Waals surface area contributed by atoms with Crippen molar-refractivity contribution in [1.82, 2.24) is 0 Å². The van der Waals surface area contributed by atoms with Crippen molar-refractivity contribution in [3.63, 3.8) is 0 Å². The third-order valence-electron chi connectivity index (χ3n) is 0. The van der Waals surface area contributed by atoms with Gasteiger partial charge in [-0.05, 0) is 0 Å². The molecule has 0 unspecified atom stereocenters. The van der Waals surface area contributed by atoms with Crippen LogP contribution in [0.1, 0.15) is 13.8 Å². The topological polar surface area (TPSA) is 138 Å². The summed E-state index contributed by atoms with van der Waals surface area (Å²) in [7, 11) is 0. The average molecular weight is 246 g/mol. The molecule has 0 atom stereocenters. The van der Waals surface area contributed by atoms with Gasteiger partial charge in [-0.25, -0.2) is 0 Å². The Morgan fingerprint density at radius 2 is 1.00 bits per heavy atom. The van der Waals surface area contributed by atoms with Crippen LogP contribution in [-0.2, 0) is 21.0 Å². The van der Waals surface area contributed by atoms with Gasteiger partial charge in [0.1, 0.15) is 0 Å². The number of hydrogen-bond acceptors (Lipinski definition) is 5. The van der Waals surface area contributed by atoms with Crippen molar-refractivity contribution in [1.29, 1.82) is 0 Å². The second kappa shape index (κ2) is 23.7. The van der Waals surface area contributed by atoms with E-state index in [1.807, 2.05) is 0 Å². The zero-order chi connectivity index (χ0) is 10.7. The van der Waals surface area contributed by atoms with Crippen molar-refractivity contribution in [2.45, 2.75) is 13.8 Å². The number of carbonyl (C=O) groups is 2. The first-order valence-electron chi connectivity index (χ1n) is 2.36. The first-order valence-corrected chi connectivity index (χ1v) is 3.36. The Labute approximate surface area is 128 Å². The van der Waals surface area contributed by atoms with Crippen LogP contribution < -0.4 is 59.1 Å². The number of hydrogen-bond donors (Lipinski definition) is 2. The van der Waals surface area contributed by atoms with Crippen LogP contribution in [-0.4, -0.2) is 35.5 Å². The summed E-state index contributed by atoms with van der Waals surface area (Å²) in [6.07, 6.45) is 0. The van der Waals surface area contributed by atoms with Gasteiger partial charge in [0.2, 0.25) is 0 Å². The van der Waals surface area contributed by atoms with Crippen LogP contribution in [0.4, 0.5) is 0 Å². The van der Waals surface area contributed by atoms with Gasteiger partial charge in [0, 0.05) is 13.8 Å². The van der Waals surface area contributed by atoms with Crippen molar-refractivity contribution in [2.75, 3.05) is 0 Å². The largest absolute Gasteiger partial charge is 1.00 e. The summed E-state index contributed by atoms with van der Waals surface area (Å²) >= 11 is -3.11. The molecule has 0 heterocycles. The molecule has 0 aromatic rings. The zero-order valence-electron chi connectivity index (χ0n) is 8.34. The fourth-order valence-electron chi connectivity index (χ4n) is 0. The van der Waals surface area contributed by atoms with E-state index in [0.717, 1.165) is 13.8 Å². The number of rotatable bonds is 0. The maximum Gasteiger partial charge on any atom is 1.00 e. The second-order valence-corrected chi connectivity index (χ2v) is 1.65. The van der Waals surface area contributed by atoms with Gasteiger partial charge in [-0.15, -0.1) is 11.4 Å². The van der Waals surface area contributed by atoms with E-state index in [-0.39, 0.29) is 59.1 Å². The molecule has 0 aliphatic carbocycles. The molecule has 7 nitrogen and oxygen atoms in total. The molecule has 0 aliphatic heterocycles. The van der Waals surface area contributed by atoms with Gasteiger partial charge >= 0.3 is 59.1 Å². The standard InChI is InChI=1S/2C2H4O2.2Na.H2O3S/c2*1-2(3)4;;;1-4(2)3/h2*1H3,(H,3,4);;;(H2,1,2,3)/q;;2*+1;/p-2. The van der Waals surface area contributed by atoms with E-state index in [4.69, 9.17) is 33.1 Å². The minimum Gasteiger partial charge on any atom is -0.784 e. The van der Waals surface area contributed by atoms with Crippen LogP contribution in [0.3, 0.4) is 0 Å². The molecular formula is C4H8Na2O7S. The Hall–Kier alpha value is 1.01. The molecule has 0 aromatic carbocycles. The smallest absolute Gasteiger partial charge is 0.784 e. The molecule has 0 amide bonds. The first-order chi connectivity index (χ1) is 5.20. The average Bonchev–Trinajstić information content (AvgIpc) is 1.54. The minimum absolute atomic E-state index is 0. The Balaban J connectivity index is -0.0000000270. The molecule has 0 aromatic heterocycles. The summed E-state index contributed by atoms with van der Waals surface area (Å²) in [5, 5.41) is 14.8. The summed E-state index contributed by atoms with van der Waals surface area (Å²) in [6.45, 7) is 2.17. The van der Waals surface area contributed by atoms with Crippen molar-refractivity contribution in [2.24, 2.45) is 0 Å². The van der Waals surface area contributed by atoms with Crippen LogP contribution >= 0.6 is 0 Å². The zero-order valence-corrected chi connectivity index (χ0v) is 13.2. The third-order valence-corrected chi connectivity index (χ3v) is 0. The fraction of sp³-hybridized carbons (Fsp3) is 0.500. The fourth-order valence-corrected chi connectivity index (χ4v) is 0. The number of aliphatic carboxylic acids is 2. The van der Waals surface area contributed by atoms with Crippen LogP contribution in [0.2, 0.25) is 0 Å². The molecule has 2 N–H and O–H groups in total. The summed E-state index contributed by atoms with van der Waals surface area (Å²) < 4.78 is 25.3. The van der Waals surface area contributed by atoms with Gasteiger partial charge in [0.15, 0.2) is 0 Å². The first kappa shape index (κ1) is 29.4. The van der Waals surface area contributed by atoms with E-state index in [0.29, 0.717) is 0 Å². The van der Waals surface area contributed by atoms with Gasteiger partial charge < -0.3 is 19.3 Å². The number of carboxylic acids is 2. The quantitative estimate of drug-likeness (QED) is 0.320. The summed E-state index contributed by atoms with van der Waals surface area (Å²) in [6, 6.07) is 0. The van der Waals surface area contributed by atoms with E-state index < -0.39 is 23.3 Å². The molecule has 10 heteroatoms. The molecule has 0 bridgehead atoms. The molecule has 0 spiro atoms. The van der Waals surface area contributed by atoms with E-state index in [1.54, 1.807) is 0 Å². The molecule has 14 heavy (non-hydrogen) atoms. The van der Waals surface area contributed by atoms with E-state index in [9.17, 15) is 0 Å².